The molecule has 2 aromatic heterocycles. The number of imidazole rings is 1. The maximum atomic E-state index is 5.33. The van der Waals surface area contributed by atoms with Crippen molar-refractivity contribution in [3.63, 3.8) is 0 Å². The fourth-order valence-electron chi connectivity index (χ4n) is 1.23. The predicted octanol–water partition coefficient (Wildman–Crippen LogP) is 0.280. The van der Waals surface area contributed by atoms with Crippen LogP contribution in [0.3, 0.4) is 0 Å². The molecule has 15 heavy (non-hydrogen) atoms. The third-order valence-corrected chi connectivity index (χ3v) is 1.91. The average Bonchev–Trinajstić information content (AvgIpc) is 2.73. The van der Waals surface area contributed by atoms with Crippen molar-refractivity contribution in [2.75, 3.05) is 18.4 Å². The number of hydrogen-bond acceptors (Lipinski definition) is 5. The molecule has 0 fully saturated rings. The van der Waals surface area contributed by atoms with E-state index in [1.807, 2.05) is 12.2 Å². The van der Waals surface area contributed by atoms with Crippen molar-refractivity contribution < 1.29 is 0 Å². The number of nitrogens with zero attached hydrogens (tertiary/aromatic N) is 3. The molecule has 0 radical (unpaired) electrons. The smallest absolute Gasteiger partial charge is 0.182 e. The fourth-order valence-corrected chi connectivity index (χ4v) is 1.23. The highest BCUT2D eigenvalue weighted by Gasteiger charge is 2.03. The summed E-state index contributed by atoms with van der Waals surface area (Å²) in [6, 6.07) is 0. The molecular weight excluding hydrogens is 192 g/mol. The number of hydrogen-bond donors (Lipinski definition) is 3. The Morgan fingerprint density at radius 2 is 2.27 bits per heavy atom. The molecule has 0 aromatic carbocycles. The van der Waals surface area contributed by atoms with E-state index in [4.69, 9.17) is 5.73 Å². The van der Waals surface area contributed by atoms with Gasteiger partial charge in [0.15, 0.2) is 11.5 Å². The van der Waals surface area contributed by atoms with E-state index in [2.05, 4.69) is 25.3 Å². The van der Waals surface area contributed by atoms with Crippen LogP contribution in [0.4, 0.5) is 5.82 Å². The lowest BCUT2D eigenvalue weighted by Crippen LogP contribution is -2.03. The number of fused-ring (bicyclic) bond motifs is 1. The van der Waals surface area contributed by atoms with Crippen LogP contribution in [0, 0.1) is 0 Å². The van der Waals surface area contributed by atoms with E-state index in [1.165, 1.54) is 6.33 Å². The molecule has 0 aliphatic heterocycles. The summed E-state index contributed by atoms with van der Waals surface area (Å²) in [6.45, 7) is 1.23. The van der Waals surface area contributed by atoms with E-state index < -0.39 is 0 Å². The number of nitrogens with one attached hydrogen (secondary N) is 2. The van der Waals surface area contributed by atoms with Crippen LogP contribution in [0.2, 0.25) is 0 Å². The van der Waals surface area contributed by atoms with Crippen LogP contribution in [0.5, 0.6) is 0 Å². The van der Waals surface area contributed by atoms with Crippen molar-refractivity contribution in [2.24, 2.45) is 5.73 Å². The molecule has 0 saturated heterocycles. The van der Waals surface area contributed by atoms with E-state index in [0.29, 0.717) is 18.7 Å². The van der Waals surface area contributed by atoms with Gasteiger partial charge in [0.05, 0.1) is 6.33 Å². The van der Waals surface area contributed by atoms with E-state index in [0.717, 1.165) is 11.3 Å². The quantitative estimate of drug-likeness (QED) is 0.622. The van der Waals surface area contributed by atoms with Crippen molar-refractivity contribution in [1.29, 1.82) is 0 Å². The van der Waals surface area contributed by atoms with E-state index in [-0.39, 0.29) is 0 Å². The standard InChI is InChI=1S/C9H12N6/c10-3-1-2-4-11-8-7-9(13-5-12-7)15-6-14-8/h1-2,5-6H,3-4,10H2,(H2,11,12,13,14,15)/b2-1+. The van der Waals surface area contributed by atoms with Crippen molar-refractivity contribution in [1.82, 2.24) is 19.9 Å². The maximum Gasteiger partial charge on any atom is 0.182 e. The first-order valence-electron chi connectivity index (χ1n) is 4.65. The fraction of sp³-hybridized carbons (Fsp3) is 0.222. The largest absolute Gasteiger partial charge is 0.365 e. The summed E-state index contributed by atoms with van der Waals surface area (Å²) in [7, 11) is 0. The van der Waals surface area contributed by atoms with E-state index >= 15 is 0 Å². The second-order valence-corrected chi connectivity index (χ2v) is 2.91. The molecule has 0 amide bonds. The highest BCUT2D eigenvalue weighted by molar-refractivity contribution is 5.81. The molecule has 6 heteroatoms. The Labute approximate surface area is 86.6 Å². The monoisotopic (exact) mass is 204 g/mol. The van der Waals surface area contributed by atoms with Gasteiger partial charge in [-0.1, -0.05) is 12.2 Å². The van der Waals surface area contributed by atoms with Crippen LogP contribution in [0.15, 0.2) is 24.8 Å². The van der Waals surface area contributed by atoms with Crippen LogP contribution in [0.1, 0.15) is 0 Å². The lowest BCUT2D eigenvalue weighted by atomic mass is 10.4. The van der Waals surface area contributed by atoms with Crippen molar-refractivity contribution in [2.45, 2.75) is 0 Å². The molecular formula is C9H12N6. The SMILES string of the molecule is NC/C=C/CNc1ncnc2nc[nH]c12. The lowest BCUT2D eigenvalue weighted by Gasteiger charge is -2.01. The Bertz CT molecular complexity index is 460. The average molecular weight is 204 g/mol. The summed E-state index contributed by atoms with van der Waals surface area (Å²) in [6.07, 6.45) is 6.92. The van der Waals surface area contributed by atoms with Crippen molar-refractivity contribution in [3.8, 4) is 0 Å². The van der Waals surface area contributed by atoms with Gasteiger partial charge in [-0.05, 0) is 0 Å². The van der Waals surface area contributed by atoms with Gasteiger partial charge in [0.25, 0.3) is 0 Å². The molecule has 0 unspecified atom stereocenters. The second kappa shape index (κ2) is 4.52. The molecule has 0 atom stereocenters. The number of aromatic nitrogens is 4. The van der Waals surface area contributed by atoms with Crippen LogP contribution >= 0.6 is 0 Å². The lowest BCUT2D eigenvalue weighted by molar-refractivity contribution is 1.16. The van der Waals surface area contributed by atoms with Gasteiger partial charge in [-0.3, -0.25) is 0 Å². The zero-order valence-electron chi connectivity index (χ0n) is 8.14. The topological polar surface area (TPSA) is 92.5 Å². The molecule has 2 heterocycles. The summed E-state index contributed by atoms with van der Waals surface area (Å²) >= 11 is 0. The van der Waals surface area contributed by atoms with Gasteiger partial charge in [-0.15, -0.1) is 0 Å². The van der Waals surface area contributed by atoms with Crippen LogP contribution in [-0.2, 0) is 0 Å². The summed E-state index contributed by atoms with van der Waals surface area (Å²) in [4.78, 5) is 15.2. The molecule has 0 aliphatic rings. The van der Waals surface area contributed by atoms with E-state index in [1.54, 1.807) is 6.33 Å². The molecule has 0 aliphatic carbocycles. The van der Waals surface area contributed by atoms with Crippen LogP contribution < -0.4 is 11.1 Å². The van der Waals surface area contributed by atoms with E-state index in [9.17, 15) is 0 Å². The first-order valence-corrected chi connectivity index (χ1v) is 4.65. The van der Waals surface area contributed by atoms with Gasteiger partial charge in [0.1, 0.15) is 11.8 Å². The van der Waals surface area contributed by atoms with Gasteiger partial charge >= 0.3 is 0 Å². The normalized spacial score (nSPS) is 11.3. The highest BCUT2D eigenvalue weighted by Crippen LogP contribution is 2.13. The number of H-pyrrole nitrogens is 1. The minimum absolute atomic E-state index is 0.547. The first-order chi connectivity index (χ1) is 7.42. The summed E-state index contributed by atoms with van der Waals surface area (Å²) < 4.78 is 0. The third kappa shape index (κ3) is 2.10. The Balaban J connectivity index is 2.13. The third-order valence-electron chi connectivity index (χ3n) is 1.91. The molecule has 0 spiro atoms. The molecule has 6 nitrogen and oxygen atoms in total. The second-order valence-electron chi connectivity index (χ2n) is 2.91. The maximum absolute atomic E-state index is 5.33. The molecule has 78 valence electrons. The predicted molar refractivity (Wildman–Crippen MR) is 58.4 cm³/mol. The Morgan fingerprint density at radius 3 is 3.13 bits per heavy atom. The number of anilines is 1. The van der Waals surface area contributed by atoms with Gasteiger partial charge in [-0.25, -0.2) is 15.0 Å². The summed E-state index contributed by atoms with van der Waals surface area (Å²) in [5, 5.41) is 3.14. The number of rotatable bonds is 4. The molecule has 4 N–H and O–H groups in total. The van der Waals surface area contributed by atoms with Gasteiger partial charge in [-0.2, -0.15) is 0 Å². The molecule has 2 aromatic rings. The summed E-state index contributed by atoms with van der Waals surface area (Å²) in [5.41, 5.74) is 6.81. The Kier molecular flexibility index (Phi) is 2.89. The van der Waals surface area contributed by atoms with Crippen molar-refractivity contribution in [3.05, 3.63) is 24.8 Å². The van der Waals surface area contributed by atoms with Crippen LogP contribution in [0.25, 0.3) is 11.2 Å². The van der Waals surface area contributed by atoms with Gasteiger partial charge in [0.2, 0.25) is 0 Å². The Hall–Kier alpha value is -1.95. The molecule has 0 saturated carbocycles. The zero-order valence-corrected chi connectivity index (χ0v) is 8.14. The minimum Gasteiger partial charge on any atom is -0.365 e. The van der Waals surface area contributed by atoms with Crippen molar-refractivity contribution >= 4 is 17.0 Å². The van der Waals surface area contributed by atoms with Crippen LogP contribution in [-0.4, -0.2) is 33.0 Å². The minimum atomic E-state index is 0.547. The molecule has 0 bridgehead atoms. The molecule has 2 rings (SSSR count). The highest BCUT2D eigenvalue weighted by atomic mass is 15.1. The Morgan fingerprint density at radius 1 is 1.33 bits per heavy atom. The van der Waals surface area contributed by atoms with Gasteiger partial charge < -0.3 is 16.0 Å². The number of nitrogens with two attached hydrogens (primary N) is 1. The van der Waals surface area contributed by atoms with Gasteiger partial charge in [0, 0.05) is 13.1 Å². The summed E-state index contributed by atoms with van der Waals surface area (Å²) in [5.74, 6) is 0.749. The number of aromatic amines is 1. The zero-order chi connectivity index (χ0) is 10.5. The first kappa shape index (κ1) is 9.60.